The third-order valence-electron chi connectivity index (χ3n) is 4.49. The molecular formula is C15H24N4OS. The van der Waals surface area contributed by atoms with Gasteiger partial charge in [-0.2, -0.15) is 0 Å². The topological polar surface area (TPSA) is 71.2 Å². The smallest absolute Gasteiger partial charge is 0.265 e. The lowest BCUT2D eigenvalue weighted by atomic mass is 10.1. The Kier molecular flexibility index (Phi) is 4.33. The molecule has 1 aliphatic carbocycles. The average Bonchev–Trinajstić information content (AvgIpc) is 3.28. The maximum Gasteiger partial charge on any atom is 0.265 e. The Morgan fingerprint density at radius 2 is 2.14 bits per heavy atom. The number of carbonyl (C=O) groups is 1. The number of nitrogens with one attached hydrogen (secondary N) is 1. The van der Waals surface area contributed by atoms with E-state index in [9.17, 15) is 4.79 Å². The van der Waals surface area contributed by atoms with Crippen molar-refractivity contribution in [3.8, 4) is 0 Å². The monoisotopic (exact) mass is 308 g/mol. The first-order chi connectivity index (χ1) is 10.1. The second kappa shape index (κ2) is 6.22. The lowest BCUT2D eigenvalue weighted by Gasteiger charge is -2.25. The summed E-state index contributed by atoms with van der Waals surface area (Å²) in [6, 6.07) is 0. The highest BCUT2D eigenvalue weighted by Crippen LogP contribution is 2.36. The van der Waals surface area contributed by atoms with E-state index in [2.05, 4.69) is 22.1 Å². The van der Waals surface area contributed by atoms with Crippen molar-refractivity contribution in [2.45, 2.75) is 39.0 Å². The molecule has 1 aromatic heterocycles. The van der Waals surface area contributed by atoms with E-state index < -0.39 is 0 Å². The molecule has 0 bridgehead atoms. The summed E-state index contributed by atoms with van der Waals surface area (Å²) in [6.07, 6.45) is 6.28. The number of anilines is 2. The number of nitrogens with two attached hydrogens (primary N) is 1. The molecule has 6 heteroatoms. The van der Waals surface area contributed by atoms with Gasteiger partial charge in [-0.15, -0.1) is 0 Å². The van der Waals surface area contributed by atoms with Crippen LogP contribution < -0.4 is 16.0 Å². The van der Waals surface area contributed by atoms with Crippen molar-refractivity contribution in [3.05, 3.63) is 4.88 Å². The van der Waals surface area contributed by atoms with Gasteiger partial charge in [0.2, 0.25) is 0 Å². The van der Waals surface area contributed by atoms with E-state index in [4.69, 9.17) is 5.73 Å². The highest BCUT2D eigenvalue weighted by molar-refractivity contribution is 7.18. The second-order valence-electron chi connectivity index (χ2n) is 6.28. The molecule has 1 aliphatic heterocycles. The summed E-state index contributed by atoms with van der Waals surface area (Å²) in [5.41, 5.74) is 5.94. The minimum atomic E-state index is -0.0687. The summed E-state index contributed by atoms with van der Waals surface area (Å²) in [6.45, 7) is 4.98. The number of nitrogens with zero attached hydrogens (tertiary/aromatic N) is 2. The Labute approximate surface area is 129 Å². The number of rotatable bonds is 5. The van der Waals surface area contributed by atoms with Crippen LogP contribution in [0.5, 0.6) is 0 Å². The maximum atomic E-state index is 12.3. The van der Waals surface area contributed by atoms with Gasteiger partial charge < -0.3 is 16.0 Å². The fourth-order valence-corrected chi connectivity index (χ4v) is 3.82. The van der Waals surface area contributed by atoms with Crippen LogP contribution in [0.2, 0.25) is 0 Å². The molecule has 3 N–H and O–H groups in total. The van der Waals surface area contributed by atoms with Crippen LogP contribution in [0.1, 0.15) is 48.7 Å². The number of thiazole rings is 1. The Hall–Kier alpha value is -1.30. The molecule has 0 aromatic carbocycles. The SMILES string of the molecule is CC(CNC(=O)c1sc(N2CCCCC2)nc1N)C1CC1. The van der Waals surface area contributed by atoms with Gasteiger partial charge in [-0.3, -0.25) is 4.79 Å². The van der Waals surface area contributed by atoms with E-state index in [-0.39, 0.29) is 5.91 Å². The normalized spacial score (nSPS) is 20.3. The first-order valence-corrected chi connectivity index (χ1v) is 8.76. The molecule has 3 rings (SSSR count). The standard InChI is InChI=1S/C15H24N4OS/c1-10(11-5-6-11)9-17-14(20)12-13(16)18-15(21-12)19-7-3-2-4-8-19/h10-11H,2-9,16H2,1H3,(H,17,20). The number of aromatic nitrogens is 1. The summed E-state index contributed by atoms with van der Waals surface area (Å²) in [5, 5.41) is 3.91. The molecule has 1 saturated heterocycles. The van der Waals surface area contributed by atoms with Crippen molar-refractivity contribution in [1.82, 2.24) is 10.3 Å². The summed E-state index contributed by atoms with van der Waals surface area (Å²) in [4.78, 5) is 19.5. The molecule has 21 heavy (non-hydrogen) atoms. The molecule has 2 heterocycles. The Morgan fingerprint density at radius 3 is 2.81 bits per heavy atom. The van der Waals surface area contributed by atoms with E-state index >= 15 is 0 Å². The maximum absolute atomic E-state index is 12.3. The van der Waals surface area contributed by atoms with Crippen LogP contribution in [0.4, 0.5) is 10.9 Å². The van der Waals surface area contributed by atoms with Crippen LogP contribution in [0, 0.1) is 11.8 Å². The number of carbonyl (C=O) groups excluding carboxylic acids is 1. The molecule has 0 spiro atoms. The predicted molar refractivity (Wildman–Crippen MR) is 86.8 cm³/mol. The molecule has 1 aromatic rings. The van der Waals surface area contributed by atoms with Gasteiger partial charge in [0.15, 0.2) is 5.13 Å². The molecule has 0 radical (unpaired) electrons. The van der Waals surface area contributed by atoms with Crippen molar-refractivity contribution in [3.63, 3.8) is 0 Å². The van der Waals surface area contributed by atoms with Crippen molar-refractivity contribution in [2.75, 3.05) is 30.3 Å². The number of hydrogen-bond donors (Lipinski definition) is 2. The van der Waals surface area contributed by atoms with Crippen LogP contribution in [0.3, 0.4) is 0 Å². The molecule has 116 valence electrons. The molecule has 2 fully saturated rings. The summed E-state index contributed by atoms with van der Waals surface area (Å²) >= 11 is 1.43. The van der Waals surface area contributed by atoms with E-state index in [0.717, 1.165) is 30.7 Å². The zero-order valence-corrected chi connectivity index (χ0v) is 13.4. The molecule has 2 aliphatic rings. The minimum Gasteiger partial charge on any atom is -0.382 e. The Balaban J connectivity index is 1.61. The van der Waals surface area contributed by atoms with Gasteiger partial charge in [-0.05, 0) is 43.9 Å². The van der Waals surface area contributed by atoms with Gasteiger partial charge in [0.05, 0.1) is 0 Å². The molecule has 1 atom stereocenters. The van der Waals surface area contributed by atoms with Gasteiger partial charge >= 0.3 is 0 Å². The van der Waals surface area contributed by atoms with Crippen LogP contribution in [-0.4, -0.2) is 30.5 Å². The summed E-state index contributed by atoms with van der Waals surface area (Å²) in [7, 11) is 0. The lowest BCUT2D eigenvalue weighted by molar-refractivity contribution is 0.0951. The third kappa shape index (κ3) is 3.48. The van der Waals surface area contributed by atoms with Crippen molar-refractivity contribution < 1.29 is 4.79 Å². The second-order valence-corrected chi connectivity index (χ2v) is 7.26. The fraction of sp³-hybridized carbons (Fsp3) is 0.733. The zero-order chi connectivity index (χ0) is 14.8. The molecule has 1 saturated carbocycles. The lowest BCUT2D eigenvalue weighted by Crippen LogP contribution is -2.29. The van der Waals surface area contributed by atoms with Gasteiger partial charge in [-0.25, -0.2) is 4.98 Å². The van der Waals surface area contributed by atoms with Crippen LogP contribution in [0.15, 0.2) is 0 Å². The van der Waals surface area contributed by atoms with Gasteiger partial charge in [0.1, 0.15) is 10.7 Å². The van der Waals surface area contributed by atoms with Crippen LogP contribution >= 0.6 is 11.3 Å². The number of hydrogen-bond acceptors (Lipinski definition) is 5. The molecule has 1 amide bonds. The molecule has 1 unspecified atom stereocenters. The largest absolute Gasteiger partial charge is 0.382 e. The van der Waals surface area contributed by atoms with Gasteiger partial charge in [-0.1, -0.05) is 18.3 Å². The number of amides is 1. The Morgan fingerprint density at radius 1 is 1.43 bits per heavy atom. The van der Waals surface area contributed by atoms with Crippen molar-refractivity contribution in [2.24, 2.45) is 11.8 Å². The highest BCUT2D eigenvalue weighted by atomic mass is 32.1. The zero-order valence-electron chi connectivity index (χ0n) is 12.6. The third-order valence-corrected chi connectivity index (χ3v) is 5.62. The van der Waals surface area contributed by atoms with Gasteiger partial charge in [0, 0.05) is 19.6 Å². The summed E-state index contributed by atoms with van der Waals surface area (Å²) in [5.74, 6) is 1.66. The van der Waals surface area contributed by atoms with Crippen molar-refractivity contribution in [1.29, 1.82) is 0 Å². The average molecular weight is 308 g/mol. The van der Waals surface area contributed by atoms with E-state index in [1.165, 1.54) is 43.4 Å². The number of piperidine rings is 1. The summed E-state index contributed by atoms with van der Waals surface area (Å²) < 4.78 is 0. The number of nitrogen functional groups attached to an aromatic ring is 1. The Bertz CT molecular complexity index is 506. The van der Waals surface area contributed by atoms with Gasteiger partial charge in [0.25, 0.3) is 5.91 Å². The first kappa shape index (κ1) is 14.6. The minimum absolute atomic E-state index is 0.0687. The van der Waals surface area contributed by atoms with Crippen LogP contribution in [0.25, 0.3) is 0 Å². The predicted octanol–water partition coefficient (Wildman–Crippen LogP) is 2.49. The van der Waals surface area contributed by atoms with E-state index in [1.807, 2.05) is 0 Å². The van der Waals surface area contributed by atoms with E-state index in [1.54, 1.807) is 0 Å². The molecule has 5 nitrogen and oxygen atoms in total. The molecular weight excluding hydrogens is 284 g/mol. The fourth-order valence-electron chi connectivity index (χ4n) is 2.87. The highest BCUT2D eigenvalue weighted by Gasteiger charge is 2.28. The quantitative estimate of drug-likeness (QED) is 0.876. The van der Waals surface area contributed by atoms with Crippen molar-refractivity contribution >= 4 is 28.2 Å². The van der Waals surface area contributed by atoms with E-state index in [0.29, 0.717) is 16.6 Å². The first-order valence-electron chi connectivity index (χ1n) is 7.94. The van der Waals surface area contributed by atoms with Crippen LogP contribution in [-0.2, 0) is 0 Å².